The van der Waals surface area contributed by atoms with Gasteiger partial charge in [-0.3, -0.25) is 9.36 Å². The molecule has 2 heterocycles. The van der Waals surface area contributed by atoms with Crippen LogP contribution in [0.3, 0.4) is 0 Å². The first kappa shape index (κ1) is 17.5. The summed E-state index contributed by atoms with van der Waals surface area (Å²) in [5, 5.41) is 3.03. The van der Waals surface area contributed by atoms with Crippen molar-refractivity contribution in [1.29, 1.82) is 0 Å². The van der Waals surface area contributed by atoms with Crippen molar-refractivity contribution in [2.75, 3.05) is 5.32 Å². The molecule has 0 bridgehead atoms. The average Bonchev–Trinajstić information content (AvgIpc) is 2.61. The number of anilines is 1. The summed E-state index contributed by atoms with van der Waals surface area (Å²) < 4.78 is 41.6. The van der Waals surface area contributed by atoms with Gasteiger partial charge < -0.3 is 10.1 Å². The van der Waals surface area contributed by atoms with Crippen LogP contribution in [0.25, 0.3) is 5.69 Å². The number of alkyl halides is 3. The Labute approximate surface area is 145 Å². The van der Waals surface area contributed by atoms with E-state index in [1.165, 1.54) is 29.0 Å². The molecule has 2 aromatic heterocycles. The lowest BCUT2D eigenvalue weighted by Gasteiger charge is -2.11. The van der Waals surface area contributed by atoms with E-state index in [9.17, 15) is 18.0 Å². The molecule has 0 fully saturated rings. The fourth-order valence-electron chi connectivity index (χ4n) is 2.21. The highest BCUT2D eigenvalue weighted by atomic mass is 19.4. The summed E-state index contributed by atoms with van der Waals surface area (Å²) in [5.41, 5.74) is 0.659. The first-order valence-electron chi connectivity index (χ1n) is 7.49. The summed E-state index contributed by atoms with van der Waals surface area (Å²) in [4.78, 5) is 20.4. The van der Waals surface area contributed by atoms with Crippen molar-refractivity contribution in [3.8, 4) is 11.4 Å². The van der Waals surface area contributed by atoms with Crippen LogP contribution in [0, 0.1) is 0 Å². The minimum atomic E-state index is -4.76. The van der Waals surface area contributed by atoms with Crippen molar-refractivity contribution >= 4 is 5.69 Å². The monoisotopic (exact) mass is 362 g/mol. The minimum Gasteiger partial charge on any atom is -0.406 e. The summed E-state index contributed by atoms with van der Waals surface area (Å²) in [6.45, 7) is 0.355. The average molecular weight is 362 g/mol. The number of hydrogen-bond acceptors (Lipinski definition) is 5. The number of nitrogens with one attached hydrogen (secondary N) is 1. The maximum absolute atomic E-state index is 12.2. The highest BCUT2D eigenvalue weighted by Crippen LogP contribution is 2.23. The molecule has 0 spiro atoms. The van der Waals surface area contributed by atoms with Crippen LogP contribution < -0.4 is 15.6 Å². The Morgan fingerprint density at radius 3 is 2.38 bits per heavy atom. The van der Waals surface area contributed by atoms with E-state index in [0.29, 0.717) is 23.7 Å². The highest BCUT2D eigenvalue weighted by Gasteiger charge is 2.30. The Hall–Kier alpha value is -3.36. The summed E-state index contributed by atoms with van der Waals surface area (Å²) >= 11 is 0. The fraction of sp³-hybridized carbons (Fsp3) is 0.118. The summed E-state index contributed by atoms with van der Waals surface area (Å²) in [6, 6.07) is 9.78. The van der Waals surface area contributed by atoms with Gasteiger partial charge in [0.05, 0.1) is 6.54 Å². The number of aromatic nitrogens is 3. The molecule has 9 heteroatoms. The zero-order valence-corrected chi connectivity index (χ0v) is 13.3. The van der Waals surface area contributed by atoms with E-state index in [-0.39, 0.29) is 11.3 Å². The molecule has 0 saturated heterocycles. The third-order valence-corrected chi connectivity index (χ3v) is 3.34. The van der Waals surface area contributed by atoms with Gasteiger partial charge in [0.15, 0.2) is 0 Å². The SMILES string of the molecule is O=c1cc(NCc2ncccn2)ccn1-c1ccc(OC(F)(F)F)cc1. The van der Waals surface area contributed by atoms with Gasteiger partial charge in [-0.1, -0.05) is 0 Å². The van der Waals surface area contributed by atoms with Gasteiger partial charge in [-0.25, -0.2) is 9.97 Å². The number of ether oxygens (including phenoxy) is 1. The van der Waals surface area contributed by atoms with Crippen LogP contribution in [-0.2, 0) is 6.54 Å². The molecule has 0 saturated carbocycles. The fourth-order valence-corrected chi connectivity index (χ4v) is 2.21. The summed E-state index contributed by atoms with van der Waals surface area (Å²) in [5.74, 6) is 0.229. The number of hydrogen-bond donors (Lipinski definition) is 1. The second-order valence-electron chi connectivity index (χ2n) is 5.18. The van der Waals surface area contributed by atoms with Crippen molar-refractivity contribution in [3.63, 3.8) is 0 Å². The molecule has 6 nitrogen and oxygen atoms in total. The Balaban J connectivity index is 1.72. The topological polar surface area (TPSA) is 69.0 Å². The van der Waals surface area contributed by atoms with E-state index in [4.69, 9.17) is 0 Å². The Morgan fingerprint density at radius 2 is 1.77 bits per heavy atom. The quantitative estimate of drug-likeness (QED) is 0.755. The first-order valence-corrected chi connectivity index (χ1v) is 7.49. The smallest absolute Gasteiger partial charge is 0.406 e. The largest absolute Gasteiger partial charge is 0.573 e. The van der Waals surface area contributed by atoms with Crippen LogP contribution in [0.4, 0.5) is 18.9 Å². The lowest BCUT2D eigenvalue weighted by Crippen LogP contribution is -2.18. The molecule has 0 aliphatic carbocycles. The molecule has 3 rings (SSSR count). The first-order chi connectivity index (χ1) is 12.4. The van der Waals surface area contributed by atoms with Gasteiger partial charge in [0.1, 0.15) is 11.6 Å². The van der Waals surface area contributed by atoms with Gasteiger partial charge in [0.2, 0.25) is 0 Å². The van der Waals surface area contributed by atoms with Crippen LogP contribution >= 0.6 is 0 Å². The normalized spacial score (nSPS) is 11.2. The minimum absolute atomic E-state index is 0.339. The maximum atomic E-state index is 12.2. The maximum Gasteiger partial charge on any atom is 0.573 e. The lowest BCUT2D eigenvalue weighted by atomic mass is 10.3. The molecule has 0 unspecified atom stereocenters. The predicted octanol–water partition coefficient (Wildman–Crippen LogP) is 3.14. The van der Waals surface area contributed by atoms with Crippen LogP contribution in [0.15, 0.2) is 65.8 Å². The van der Waals surface area contributed by atoms with Crippen molar-refractivity contribution in [2.45, 2.75) is 12.9 Å². The summed E-state index contributed by atoms with van der Waals surface area (Å²) in [6.07, 6.45) is 0.00653. The van der Waals surface area contributed by atoms with E-state index < -0.39 is 6.36 Å². The number of nitrogens with zero attached hydrogens (tertiary/aromatic N) is 3. The third kappa shape index (κ3) is 4.59. The second kappa shape index (κ2) is 7.26. The number of benzene rings is 1. The summed E-state index contributed by atoms with van der Waals surface area (Å²) in [7, 11) is 0. The highest BCUT2D eigenvalue weighted by molar-refractivity contribution is 5.44. The predicted molar refractivity (Wildman–Crippen MR) is 88.1 cm³/mol. The number of halogens is 3. The van der Waals surface area contributed by atoms with Gasteiger partial charge in [-0.2, -0.15) is 0 Å². The molecular weight excluding hydrogens is 349 g/mol. The molecule has 3 aromatic rings. The molecular formula is C17H13F3N4O2. The molecule has 0 atom stereocenters. The van der Waals surface area contributed by atoms with Gasteiger partial charge in [-0.05, 0) is 36.4 Å². The Kier molecular flexibility index (Phi) is 4.87. The van der Waals surface area contributed by atoms with E-state index in [0.717, 1.165) is 12.1 Å². The van der Waals surface area contributed by atoms with Gasteiger partial charge in [0.25, 0.3) is 5.56 Å². The van der Waals surface area contributed by atoms with E-state index in [1.54, 1.807) is 24.5 Å². The van der Waals surface area contributed by atoms with E-state index in [1.807, 2.05) is 0 Å². The van der Waals surface area contributed by atoms with Crippen molar-refractivity contribution in [3.05, 3.63) is 77.2 Å². The third-order valence-electron chi connectivity index (χ3n) is 3.34. The molecule has 26 heavy (non-hydrogen) atoms. The molecule has 0 aliphatic heterocycles. The zero-order valence-electron chi connectivity index (χ0n) is 13.3. The molecule has 1 aromatic carbocycles. The van der Waals surface area contributed by atoms with Crippen LogP contribution in [0.2, 0.25) is 0 Å². The Morgan fingerprint density at radius 1 is 1.08 bits per heavy atom. The van der Waals surface area contributed by atoms with Gasteiger partial charge >= 0.3 is 6.36 Å². The standard InChI is InChI=1S/C17H13F3N4O2/c18-17(19,20)26-14-4-2-13(3-5-14)24-9-6-12(10-16(24)25)23-11-15-21-7-1-8-22-15/h1-10,23H,11H2. The molecule has 0 radical (unpaired) electrons. The molecule has 0 aliphatic rings. The van der Waals surface area contributed by atoms with E-state index in [2.05, 4.69) is 20.0 Å². The van der Waals surface area contributed by atoms with Gasteiger partial charge in [0, 0.05) is 36.0 Å². The van der Waals surface area contributed by atoms with Crippen LogP contribution in [0.5, 0.6) is 5.75 Å². The molecule has 134 valence electrons. The van der Waals surface area contributed by atoms with E-state index >= 15 is 0 Å². The number of pyridine rings is 1. The van der Waals surface area contributed by atoms with Crippen LogP contribution in [0.1, 0.15) is 5.82 Å². The van der Waals surface area contributed by atoms with Crippen molar-refractivity contribution < 1.29 is 17.9 Å². The molecule has 1 N–H and O–H groups in total. The second-order valence-corrected chi connectivity index (χ2v) is 5.18. The van der Waals surface area contributed by atoms with Gasteiger partial charge in [-0.15, -0.1) is 13.2 Å². The zero-order chi connectivity index (χ0) is 18.6. The molecule has 0 amide bonds. The van der Waals surface area contributed by atoms with Crippen molar-refractivity contribution in [1.82, 2.24) is 14.5 Å². The Bertz CT molecular complexity index is 925. The van der Waals surface area contributed by atoms with Crippen LogP contribution in [-0.4, -0.2) is 20.9 Å². The lowest BCUT2D eigenvalue weighted by molar-refractivity contribution is -0.274. The number of rotatable bonds is 5. The van der Waals surface area contributed by atoms with Crippen molar-refractivity contribution in [2.24, 2.45) is 0 Å².